The van der Waals surface area contributed by atoms with Crippen LogP contribution in [0, 0.1) is 13.8 Å². The number of carbonyl (C=O) groups is 1. The minimum absolute atomic E-state index is 0.291. The summed E-state index contributed by atoms with van der Waals surface area (Å²) < 4.78 is 13.5. The lowest BCUT2D eigenvalue weighted by Gasteiger charge is -2.15. The van der Waals surface area contributed by atoms with E-state index in [1.807, 2.05) is 19.9 Å². The van der Waals surface area contributed by atoms with Gasteiger partial charge in [-0.05, 0) is 57.2 Å². The van der Waals surface area contributed by atoms with Gasteiger partial charge in [0.2, 0.25) is 5.91 Å². The van der Waals surface area contributed by atoms with E-state index in [0.29, 0.717) is 24.7 Å². The summed E-state index contributed by atoms with van der Waals surface area (Å²) in [7, 11) is 1.60. The van der Waals surface area contributed by atoms with E-state index >= 15 is 0 Å². The molecule has 0 spiro atoms. The van der Waals surface area contributed by atoms with E-state index in [-0.39, 0.29) is 11.5 Å². The van der Waals surface area contributed by atoms with Crippen LogP contribution in [0.2, 0.25) is 0 Å². The van der Waals surface area contributed by atoms with Crippen LogP contribution in [0.15, 0.2) is 47.3 Å². The molecule has 0 aliphatic carbocycles. The van der Waals surface area contributed by atoms with Gasteiger partial charge in [-0.15, -0.1) is 5.10 Å². The molecule has 1 N–H and O–H groups in total. The Kier molecular flexibility index (Phi) is 6.51. The molecule has 1 atom stereocenters. The van der Waals surface area contributed by atoms with E-state index in [4.69, 9.17) is 9.47 Å². The maximum Gasteiger partial charge on any atom is 0.267 e. The standard InChI is InChI=1S/C21H25N5O4/c1-14-13-15(2)25(23-14)19-9-10-20(27)26(24-19)16(3)21(28)22-11-12-30-18-7-5-17(29-4)6-8-18/h5-10,13,16H,11-12H2,1-4H3,(H,22,28). The number of nitrogens with zero attached hydrogens (tertiary/aromatic N) is 4. The fourth-order valence-corrected chi connectivity index (χ4v) is 2.94. The number of amides is 1. The second-order valence-electron chi connectivity index (χ2n) is 6.80. The molecular weight excluding hydrogens is 386 g/mol. The van der Waals surface area contributed by atoms with Crippen molar-refractivity contribution < 1.29 is 14.3 Å². The molecule has 0 aliphatic heterocycles. The van der Waals surface area contributed by atoms with Crippen LogP contribution >= 0.6 is 0 Å². The van der Waals surface area contributed by atoms with Crippen LogP contribution in [0.1, 0.15) is 24.4 Å². The van der Waals surface area contributed by atoms with Crippen LogP contribution in [0.5, 0.6) is 11.5 Å². The third-order valence-electron chi connectivity index (χ3n) is 4.51. The topological polar surface area (TPSA) is 100 Å². The van der Waals surface area contributed by atoms with E-state index in [1.165, 1.54) is 6.07 Å². The van der Waals surface area contributed by atoms with Crippen molar-refractivity contribution in [3.8, 4) is 17.3 Å². The maximum atomic E-state index is 12.5. The van der Waals surface area contributed by atoms with Crippen molar-refractivity contribution in [2.45, 2.75) is 26.8 Å². The van der Waals surface area contributed by atoms with Crippen molar-refractivity contribution in [1.29, 1.82) is 0 Å². The number of methoxy groups -OCH3 is 1. The lowest BCUT2D eigenvalue weighted by molar-refractivity contribution is -0.124. The molecule has 3 rings (SSSR count). The first kappa shape index (κ1) is 21.1. The molecule has 9 nitrogen and oxygen atoms in total. The van der Waals surface area contributed by atoms with Crippen LogP contribution < -0.4 is 20.3 Å². The summed E-state index contributed by atoms with van der Waals surface area (Å²) in [5.41, 5.74) is 1.37. The van der Waals surface area contributed by atoms with Crippen LogP contribution in [0.4, 0.5) is 0 Å². The largest absolute Gasteiger partial charge is 0.497 e. The Morgan fingerprint density at radius 1 is 1.10 bits per heavy atom. The normalized spacial score (nSPS) is 11.7. The van der Waals surface area contributed by atoms with Crippen LogP contribution in [0.3, 0.4) is 0 Å². The van der Waals surface area contributed by atoms with E-state index in [9.17, 15) is 9.59 Å². The monoisotopic (exact) mass is 411 g/mol. The number of carbonyl (C=O) groups excluding carboxylic acids is 1. The van der Waals surface area contributed by atoms with Crippen LogP contribution in [-0.2, 0) is 4.79 Å². The van der Waals surface area contributed by atoms with Crippen molar-refractivity contribution in [2.24, 2.45) is 0 Å². The van der Waals surface area contributed by atoms with Crippen molar-refractivity contribution >= 4 is 5.91 Å². The molecule has 9 heteroatoms. The predicted molar refractivity (Wildman–Crippen MR) is 111 cm³/mol. The summed E-state index contributed by atoms with van der Waals surface area (Å²) in [6.07, 6.45) is 0. The Hall–Kier alpha value is -3.62. The zero-order chi connectivity index (χ0) is 21.7. The fraction of sp³-hybridized carbons (Fsp3) is 0.333. The number of aryl methyl sites for hydroxylation is 2. The lowest BCUT2D eigenvalue weighted by Crippen LogP contribution is -2.38. The molecular formula is C21H25N5O4. The van der Waals surface area contributed by atoms with E-state index in [1.54, 1.807) is 49.0 Å². The minimum Gasteiger partial charge on any atom is -0.497 e. The fourth-order valence-electron chi connectivity index (χ4n) is 2.94. The molecule has 3 aromatic rings. The van der Waals surface area contributed by atoms with E-state index < -0.39 is 6.04 Å². The van der Waals surface area contributed by atoms with Gasteiger partial charge < -0.3 is 14.8 Å². The van der Waals surface area contributed by atoms with Crippen molar-refractivity contribution in [2.75, 3.05) is 20.3 Å². The number of hydrogen-bond acceptors (Lipinski definition) is 6. The lowest BCUT2D eigenvalue weighted by atomic mass is 10.3. The zero-order valence-electron chi connectivity index (χ0n) is 17.5. The van der Waals surface area contributed by atoms with Gasteiger partial charge in [-0.2, -0.15) is 5.10 Å². The van der Waals surface area contributed by atoms with Crippen molar-refractivity contribution in [3.63, 3.8) is 0 Å². The Morgan fingerprint density at radius 3 is 2.43 bits per heavy atom. The molecule has 0 radical (unpaired) electrons. The molecule has 0 fully saturated rings. The Morgan fingerprint density at radius 2 is 1.80 bits per heavy atom. The molecule has 0 saturated carbocycles. The molecule has 30 heavy (non-hydrogen) atoms. The first-order chi connectivity index (χ1) is 14.4. The molecule has 0 saturated heterocycles. The highest BCUT2D eigenvalue weighted by Gasteiger charge is 2.18. The number of ether oxygens (including phenoxy) is 2. The number of benzene rings is 1. The Labute approximate surface area is 174 Å². The molecule has 1 unspecified atom stereocenters. The van der Waals surface area contributed by atoms with Gasteiger partial charge in [-0.3, -0.25) is 9.59 Å². The first-order valence-corrected chi connectivity index (χ1v) is 9.57. The third-order valence-corrected chi connectivity index (χ3v) is 4.51. The molecule has 0 aliphatic rings. The second-order valence-corrected chi connectivity index (χ2v) is 6.80. The molecule has 1 aromatic carbocycles. The van der Waals surface area contributed by atoms with Gasteiger partial charge in [0.25, 0.3) is 5.56 Å². The summed E-state index contributed by atoms with van der Waals surface area (Å²) in [5.74, 6) is 1.56. The molecule has 158 valence electrons. The quantitative estimate of drug-likeness (QED) is 0.568. The first-order valence-electron chi connectivity index (χ1n) is 9.57. The average Bonchev–Trinajstić information content (AvgIpc) is 3.09. The van der Waals surface area contributed by atoms with Gasteiger partial charge in [0, 0.05) is 11.8 Å². The summed E-state index contributed by atoms with van der Waals surface area (Å²) in [6, 6.07) is 11.3. The number of nitrogens with one attached hydrogen (secondary N) is 1. The minimum atomic E-state index is -0.782. The van der Waals surface area contributed by atoms with Gasteiger partial charge in [-0.25, -0.2) is 9.36 Å². The Bertz CT molecular complexity index is 1070. The molecule has 1 amide bonds. The van der Waals surface area contributed by atoms with Crippen molar-refractivity contribution in [3.05, 3.63) is 64.2 Å². The Balaban J connectivity index is 1.60. The van der Waals surface area contributed by atoms with Crippen LogP contribution in [-0.4, -0.2) is 45.7 Å². The molecule has 2 aromatic heterocycles. The van der Waals surface area contributed by atoms with Gasteiger partial charge in [0.15, 0.2) is 5.82 Å². The van der Waals surface area contributed by atoms with Crippen LogP contribution in [0.25, 0.3) is 5.82 Å². The smallest absolute Gasteiger partial charge is 0.267 e. The van der Waals surface area contributed by atoms with Gasteiger partial charge >= 0.3 is 0 Å². The molecule has 0 bridgehead atoms. The average molecular weight is 411 g/mol. The summed E-state index contributed by atoms with van der Waals surface area (Å²) >= 11 is 0. The summed E-state index contributed by atoms with van der Waals surface area (Å²) in [6.45, 7) is 5.98. The summed E-state index contributed by atoms with van der Waals surface area (Å²) in [4.78, 5) is 24.8. The zero-order valence-corrected chi connectivity index (χ0v) is 17.5. The maximum absolute atomic E-state index is 12.5. The summed E-state index contributed by atoms with van der Waals surface area (Å²) in [5, 5.41) is 11.5. The highest BCUT2D eigenvalue weighted by molar-refractivity contribution is 5.79. The number of hydrogen-bond donors (Lipinski definition) is 1. The van der Waals surface area contributed by atoms with Gasteiger partial charge in [0.1, 0.15) is 24.1 Å². The highest BCUT2D eigenvalue weighted by atomic mass is 16.5. The highest BCUT2D eigenvalue weighted by Crippen LogP contribution is 2.16. The number of rotatable bonds is 8. The number of aromatic nitrogens is 4. The predicted octanol–water partition coefficient (Wildman–Crippen LogP) is 1.81. The van der Waals surface area contributed by atoms with E-state index in [0.717, 1.165) is 21.8 Å². The van der Waals surface area contributed by atoms with Gasteiger partial charge in [0.05, 0.1) is 19.3 Å². The second kappa shape index (κ2) is 9.25. The van der Waals surface area contributed by atoms with Crippen molar-refractivity contribution in [1.82, 2.24) is 24.9 Å². The third kappa shape index (κ3) is 4.86. The molecule has 2 heterocycles. The van der Waals surface area contributed by atoms with Gasteiger partial charge in [-0.1, -0.05) is 0 Å². The van der Waals surface area contributed by atoms with E-state index in [2.05, 4.69) is 15.5 Å². The SMILES string of the molecule is COc1ccc(OCCNC(=O)C(C)n2nc(-n3nc(C)cc3C)ccc2=O)cc1.